The van der Waals surface area contributed by atoms with E-state index in [1.807, 2.05) is 0 Å². The SMILES string of the molecule is CCNCc1cn(CC(C)CC)c2ccccc12. The van der Waals surface area contributed by atoms with Crippen molar-refractivity contribution in [2.45, 2.75) is 40.3 Å². The molecule has 0 fully saturated rings. The number of aromatic nitrogens is 1. The normalized spacial score (nSPS) is 13.1. The van der Waals surface area contributed by atoms with Crippen LogP contribution in [-0.2, 0) is 13.1 Å². The second kappa shape index (κ2) is 6.05. The summed E-state index contributed by atoms with van der Waals surface area (Å²) in [4.78, 5) is 0. The van der Waals surface area contributed by atoms with Gasteiger partial charge in [0.25, 0.3) is 0 Å². The number of benzene rings is 1. The molecule has 2 heteroatoms. The first-order valence-electron chi connectivity index (χ1n) is 7.03. The third kappa shape index (κ3) is 2.75. The standard InChI is InChI=1S/C16H24N2/c1-4-13(3)11-18-12-14(10-17-5-2)15-8-6-7-9-16(15)18/h6-9,12-13,17H,4-5,10-11H2,1-3H3. The van der Waals surface area contributed by atoms with Crippen molar-refractivity contribution in [3.8, 4) is 0 Å². The molecule has 98 valence electrons. The van der Waals surface area contributed by atoms with Gasteiger partial charge in [0, 0.05) is 30.2 Å². The Kier molecular flexibility index (Phi) is 4.43. The van der Waals surface area contributed by atoms with E-state index in [0.717, 1.165) is 25.6 Å². The Balaban J connectivity index is 2.34. The molecule has 1 N–H and O–H groups in total. The Morgan fingerprint density at radius 1 is 1.22 bits per heavy atom. The summed E-state index contributed by atoms with van der Waals surface area (Å²) >= 11 is 0. The van der Waals surface area contributed by atoms with Crippen LogP contribution in [0.1, 0.15) is 32.8 Å². The van der Waals surface area contributed by atoms with Gasteiger partial charge in [0.1, 0.15) is 0 Å². The summed E-state index contributed by atoms with van der Waals surface area (Å²) in [5.41, 5.74) is 2.78. The molecule has 2 aromatic rings. The van der Waals surface area contributed by atoms with Crippen LogP contribution in [0.15, 0.2) is 30.5 Å². The fourth-order valence-electron chi connectivity index (χ4n) is 2.34. The Labute approximate surface area is 110 Å². The van der Waals surface area contributed by atoms with Crippen LogP contribution in [0.5, 0.6) is 0 Å². The lowest BCUT2D eigenvalue weighted by molar-refractivity contribution is 0.477. The summed E-state index contributed by atoms with van der Waals surface area (Å²) in [5.74, 6) is 0.729. The fourth-order valence-corrected chi connectivity index (χ4v) is 2.34. The van der Waals surface area contributed by atoms with Gasteiger partial charge in [-0.1, -0.05) is 45.4 Å². The van der Waals surface area contributed by atoms with E-state index in [2.05, 4.69) is 61.1 Å². The van der Waals surface area contributed by atoms with Crippen molar-refractivity contribution in [3.63, 3.8) is 0 Å². The lowest BCUT2D eigenvalue weighted by Crippen LogP contribution is -2.11. The fraction of sp³-hybridized carbons (Fsp3) is 0.500. The molecule has 0 saturated heterocycles. The molecule has 0 amide bonds. The van der Waals surface area contributed by atoms with E-state index in [0.29, 0.717) is 0 Å². The van der Waals surface area contributed by atoms with Gasteiger partial charge in [-0.25, -0.2) is 0 Å². The van der Waals surface area contributed by atoms with E-state index in [9.17, 15) is 0 Å². The molecular formula is C16H24N2. The predicted octanol–water partition coefficient (Wildman–Crippen LogP) is 3.80. The van der Waals surface area contributed by atoms with Crippen LogP contribution in [-0.4, -0.2) is 11.1 Å². The summed E-state index contributed by atoms with van der Waals surface area (Å²) in [6, 6.07) is 8.72. The Hall–Kier alpha value is -1.28. The van der Waals surface area contributed by atoms with Crippen molar-refractivity contribution in [2.75, 3.05) is 6.54 Å². The zero-order chi connectivity index (χ0) is 13.0. The van der Waals surface area contributed by atoms with E-state index in [-0.39, 0.29) is 0 Å². The molecule has 0 aliphatic carbocycles. The van der Waals surface area contributed by atoms with Crippen molar-refractivity contribution in [3.05, 3.63) is 36.0 Å². The molecule has 0 radical (unpaired) electrons. The van der Waals surface area contributed by atoms with Crippen LogP contribution >= 0.6 is 0 Å². The number of hydrogen-bond donors (Lipinski definition) is 1. The molecule has 0 spiro atoms. The highest BCUT2D eigenvalue weighted by molar-refractivity contribution is 5.83. The minimum atomic E-state index is 0.729. The maximum Gasteiger partial charge on any atom is 0.0483 e. The predicted molar refractivity (Wildman–Crippen MR) is 78.8 cm³/mol. The quantitative estimate of drug-likeness (QED) is 0.818. The average molecular weight is 244 g/mol. The molecular weight excluding hydrogens is 220 g/mol. The molecule has 0 saturated carbocycles. The van der Waals surface area contributed by atoms with Gasteiger partial charge in [-0.15, -0.1) is 0 Å². The number of fused-ring (bicyclic) bond motifs is 1. The van der Waals surface area contributed by atoms with Crippen molar-refractivity contribution < 1.29 is 0 Å². The van der Waals surface area contributed by atoms with Crippen molar-refractivity contribution in [1.82, 2.24) is 9.88 Å². The second-order valence-corrected chi connectivity index (χ2v) is 5.12. The Morgan fingerprint density at radius 2 is 2.00 bits per heavy atom. The monoisotopic (exact) mass is 244 g/mol. The van der Waals surface area contributed by atoms with Gasteiger partial charge in [-0.3, -0.25) is 0 Å². The van der Waals surface area contributed by atoms with Gasteiger partial charge >= 0.3 is 0 Å². The third-order valence-electron chi connectivity index (χ3n) is 3.64. The van der Waals surface area contributed by atoms with Gasteiger partial charge in [-0.05, 0) is 24.1 Å². The first kappa shape index (κ1) is 13.2. The van der Waals surface area contributed by atoms with Crippen LogP contribution in [0.2, 0.25) is 0 Å². The van der Waals surface area contributed by atoms with Crippen LogP contribution in [0.4, 0.5) is 0 Å². The van der Waals surface area contributed by atoms with Gasteiger partial charge in [-0.2, -0.15) is 0 Å². The van der Waals surface area contributed by atoms with Crippen LogP contribution in [0.3, 0.4) is 0 Å². The molecule has 18 heavy (non-hydrogen) atoms. The topological polar surface area (TPSA) is 17.0 Å². The highest BCUT2D eigenvalue weighted by Gasteiger charge is 2.09. The van der Waals surface area contributed by atoms with Crippen LogP contribution in [0.25, 0.3) is 10.9 Å². The van der Waals surface area contributed by atoms with Gasteiger partial charge in [0.15, 0.2) is 0 Å². The molecule has 1 unspecified atom stereocenters. The lowest BCUT2D eigenvalue weighted by atomic mass is 10.1. The summed E-state index contributed by atoms with van der Waals surface area (Å²) in [6.07, 6.45) is 3.55. The number of nitrogens with one attached hydrogen (secondary N) is 1. The molecule has 2 rings (SSSR count). The number of hydrogen-bond acceptors (Lipinski definition) is 1. The van der Waals surface area contributed by atoms with Gasteiger partial charge < -0.3 is 9.88 Å². The smallest absolute Gasteiger partial charge is 0.0483 e. The van der Waals surface area contributed by atoms with Crippen LogP contribution in [0, 0.1) is 5.92 Å². The number of rotatable bonds is 6. The minimum absolute atomic E-state index is 0.729. The zero-order valence-electron chi connectivity index (χ0n) is 11.7. The number of para-hydroxylation sites is 1. The molecule has 1 heterocycles. The molecule has 0 aliphatic heterocycles. The van der Waals surface area contributed by atoms with Crippen LogP contribution < -0.4 is 5.32 Å². The van der Waals surface area contributed by atoms with E-state index in [4.69, 9.17) is 0 Å². The maximum absolute atomic E-state index is 3.42. The van der Waals surface area contributed by atoms with E-state index in [1.54, 1.807) is 0 Å². The molecule has 1 atom stereocenters. The number of nitrogens with zero attached hydrogens (tertiary/aromatic N) is 1. The van der Waals surface area contributed by atoms with Gasteiger partial charge in [0.2, 0.25) is 0 Å². The third-order valence-corrected chi connectivity index (χ3v) is 3.64. The zero-order valence-corrected chi connectivity index (χ0v) is 11.7. The minimum Gasteiger partial charge on any atom is -0.347 e. The Bertz CT molecular complexity index is 499. The lowest BCUT2D eigenvalue weighted by Gasteiger charge is -2.10. The second-order valence-electron chi connectivity index (χ2n) is 5.12. The average Bonchev–Trinajstić information content (AvgIpc) is 2.75. The van der Waals surface area contributed by atoms with E-state index >= 15 is 0 Å². The first-order chi connectivity index (χ1) is 8.76. The largest absolute Gasteiger partial charge is 0.347 e. The molecule has 0 aliphatic rings. The van der Waals surface area contributed by atoms with E-state index in [1.165, 1.54) is 22.9 Å². The summed E-state index contributed by atoms with van der Waals surface area (Å²) in [5, 5.41) is 4.81. The molecule has 2 nitrogen and oxygen atoms in total. The first-order valence-corrected chi connectivity index (χ1v) is 7.03. The van der Waals surface area contributed by atoms with E-state index < -0.39 is 0 Å². The maximum atomic E-state index is 3.42. The van der Waals surface area contributed by atoms with Gasteiger partial charge in [0.05, 0.1) is 0 Å². The summed E-state index contributed by atoms with van der Waals surface area (Å²) in [7, 11) is 0. The Morgan fingerprint density at radius 3 is 2.72 bits per heavy atom. The van der Waals surface area contributed by atoms with Crippen molar-refractivity contribution in [1.29, 1.82) is 0 Å². The van der Waals surface area contributed by atoms with Crippen molar-refractivity contribution in [2.24, 2.45) is 5.92 Å². The summed E-state index contributed by atoms with van der Waals surface area (Å²) < 4.78 is 2.41. The van der Waals surface area contributed by atoms with Crippen molar-refractivity contribution >= 4 is 10.9 Å². The molecule has 1 aromatic heterocycles. The molecule has 0 bridgehead atoms. The highest BCUT2D eigenvalue weighted by Crippen LogP contribution is 2.22. The highest BCUT2D eigenvalue weighted by atomic mass is 15.0. The summed E-state index contributed by atoms with van der Waals surface area (Å²) in [6.45, 7) is 9.82. The molecule has 1 aromatic carbocycles.